The fraction of sp³-hybridized carbons (Fsp3) is 0.660. The number of hydrogen-bond donors (Lipinski definition) is 8. The molecule has 19 nitrogen and oxygen atoms in total. The largest absolute Gasteiger partial charge is 0.480 e. The second kappa shape index (κ2) is 22.5. The smallest absolute Gasteiger partial charge is 0.317 e. The van der Waals surface area contributed by atoms with Crippen LogP contribution in [0.3, 0.4) is 0 Å². The van der Waals surface area contributed by atoms with Crippen molar-refractivity contribution in [2.45, 2.75) is 109 Å². The highest BCUT2D eigenvalue weighted by Gasteiger charge is 2.65. The van der Waals surface area contributed by atoms with Gasteiger partial charge in [0.15, 0.2) is 0 Å². The maximum absolute atomic E-state index is 13.5. The van der Waals surface area contributed by atoms with Gasteiger partial charge in [-0.15, -0.1) is 0 Å². The van der Waals surface area contributed by atoms with Crippen molar-refractivity contribution in [3.8, 4) is 0 Å². The van der Waals surface area contributed by atoms with E-state index in [9.17, 15) is 54.8 Å². The Kier molecular flexibility index (Phi) is 16.6. The number of non-ortho nitro benzene ring substituents is 1. The van der Waals surface area contributed by atoms with Crippen LogP contribution in [0.2, 0.25) is 0 Å². The number of carbonyl (C=O) groups excluding carboxylic acids is 1. The first-order valence-corrected chi connectivity index (χ1v) is 26.0. The van der Waals surface area contributed by atoms with E-state index in [4.69, 9.17) is 4.42 Å². The molecule has 0 bridgehead atoms. The quantitative estimate of drug-likeness (QED) is 0.0548. The summed E-state index contributed by atoms with van der Waals surface area (Å²) in [5.74, 6) is -1.95. The highest BCUT2D eigenvalue weighted by molar-refractivity contribution is 5.99. The zero-order chi connectivity index (χ0) is 51.5. The van der Waals surface area contributed by atoms with Crippen LogP contribution < -0.4 is 16.0 Å². The number of carbonyl (C=O) groups is 4. The lowest BCUT2D eigenvalue weighted by molar-refractivity contribution is -0.383. The monoisotopic (exact) mass is 1000 g/mol. The van der Waals surface area contributed by atoms with Gasteiger partial charge in [0.2, 0.25) is 5.91 Å². The van der Waals surface area contributed by atoms with Crippen LogP contribution in [0.15, 0.2) is 53.3 Å². The fourth-order valence-corrected chi connectivity index (χ4v) is 14.4. The SMILES string of the molecule is CC(CCC(=O)Nc1ccc(CC(CN2CCN(CC(=O)O)CCN(CC(=O)O)CC2)NCC(=O)O)cc1)[C@H]1CCC2C3C(C[C@H](O)[C@@]21C)[C@@]1(C)CCC(Nc2ccc([N+](=O)[O-])c4cocc24)C[C@H]1C[C@H]3O. The lowest BCUT2D eigenvalue weighted by Gasteiger charge is -2.63. The van der Waals surface area contributed by atoms with E-state index in [0.29, 0.717) is 94.4 Å². The molecule has 72 heavy (non-hydrogen) atoms. The molecule has 8 N–H and O–H groups in total. The molecule has 0 spiro atoms. The van der Waals surface area contributed by atoms with Gasteiger partial charge in [-0.25, -0.2) is 0 Å². The van der Waals surface area contributed by atoms with Crippen LogP contribution >= 0.6 is 0 Å². The molecule has 2 aromatic carbocycles. The number of benzene rings is 2. The van der Waals surface area contributed by atoms with Crippen molar-refractivity contribution in [1.29, 1.82) is 0 Å². The molecule has 1 aliphatic heterocycles. The van der Waals surface area contributed by atoms with Gasteiger partial charge in [-0.3, -0.25) is 44.0 Å². The number of aliphatic carboxylic acids is 3. The summed E-state index contributed by atoms with van der Waals surface area (Å²) in [6.07, 6.45) is 9.38. The second-order valence-electron chi connectivity index (χ2n) is 22.4. The van der Waals surface area contributed by atoms with Crippen LogP contribution in [0.5, 0.6) is 0 Å². The van der Waals surface area contributed by atoms with Crippen LogP contribution in [0.1, 0.15) is 84.1 Å². The molecular formula is C53H75N7O12. The number of aliphatic hydroxyl groups is 2. The third-order valence-corrected chi connectivity index (χ3v) is 18.2. The van der Waals surface area contributed by atoms with Crippen LogP contribution in [0, 0.1) is 56.5 Å². The predicted octanol–water partition coefficient (Wildman–Crippen LogP) is 5.45. The van der Waals surface area contributed by atoms with Crippen molar-refractivity contribution in [3.05, 3.63) is 64.6 Å². The lowest BCUT2D eigenvalue weighted by atomic mass is 9.43. The molecule has 1 aromatic heterocycles. The minimum absolute atomic E-state index is 0.0106. The van der Waals surface area contributed by atoms with E-state index in [0.717, 1.165) is 43.4 Å². The Morgan fingerprint density at radius 1 is 0.819 bits per heavy atom. The summed E-state index contributed by atoms with van der Waals surface area (Å²) in [4.78, 5) is 65.1. The highest BCUT2D eigenvalue weighted by atomic mass is 16.6. The summed E-state index contributed by atoms with van der Waals surface area (Å²) in [5.41, 5.74) is 1.97. The van der Waals surface area contributed by atoms with Crippen molar-refractivity contribution < 1.29 is 54.1 Å². The van der Waals surface area contributed by atoms with Gasteiger partial charge in [0.05, 0.1) is 47.5 Å². The van der Waals surface area contributed by atoms with Gasteiger partial charge >= 0.3 is 17.9 Å². The van der Waals surface area contributed by atoms with Gasteiger partial charge < -0.3 is 45.9 Å². The van der Waals surface area contributed by atoms with E-state index in [1.807, 2.05) is 24.3 Å². The highest BCUT2D eigenvalue weighted by Crippen LogP contribution is 2.68. The number of anilines is 2. The molecule has 8 rings (SSSR count). The van der Waals surface area contributed by atoms with E-state index in [-0.39, 0.29) is 89.6 Å². The maximum atomic E-state index is 13.5. The number of nitro groups is 1. The molecule has 2 heterocycles. The number of nitrogens with zero attached hydrogens (tertiary/aromatic N) is 4. The van der Waals surface area contributed by atoms with Gasteiger partial charge in [-0.1, -0.05) is 32.9 Å². The summed E-state index contributed by atoms with van der Waals surface area (Å²) in [5, 5.41) is 75.4. The number of carboxylic acids is 3. The van der Waals surface area contributed by atoms with E-state index in [1.54, 1.807) is 22.1 Å². The fourth-order valence-electron chi connectivity index (χ4n) is 14.4. The van der Waals surface area contributed by atoms with Gasteiger partial charge in [-0.2, -0.15) is 0 Å². The average Bonchev–Trinajstić information content (AvgIpc) is 3.98. The summed E-state index contributed by atoms with van der Waals surface area (Å²) < 4.78 is 5.39. The molecular weight excluding hydrogens is 927 g/mol. The number of carboxylic acid groups (broad SMARTS) is 3. The molecule has 3 aromatic rings. The van der Waals surface area contributed by atoms with Crippen LogP contribution in [-0.4, -0.2) is 159 Å². The molecule has 0 radical (unpaired) electrons. The Morgan fingerprint density at radius 2 is 1.47 bits per heavy atom. The van der Waals surface area contributed by atoms with E-state index >= 15 is 0 Å². The molecule has 12 atom stereocenters. The van der Waals surface area contributed by atoms with E-state index in [1.165, 1.54) is 12.3 Å². The molecule has 1 amide bonds. The first-order valence-electron chi connectivity index (χ1n) is 26.0. The summed E-state index contributed by atoms with van der Waals surface area (Å²) in [6, 6.07) is 10.6. The number of nitro benzene ring substituents is 1. The molecule has 4 saturated carbocycles. The van der Waals surface area contributed by atoms with Gasteiger partial charge in [0.25, 0.3) is 5.69 Å². The Bertz CT molecular complexity index is 2390. The molecule has 4 aliphatic carbocycles. The zero-order valence-electron chi connectivity index (χ0n) is 41.9. The minimum atomic E-state index is -0.997. The first-order chi connectivity index (χ1) is 34.3. The Labute approximate surface area is 420 Å². The number of aliphatic hydroxyl groups excluding tert-OH is 2. The number of fused-ring (bicyclic) bond motifs is 6. The molecule has 1 saturated heterocycles. The third-order valence-electron chi connectivity index (χ3n) is 18.2. The molecule has 19 heteroatoms. The predicted molar refractivity (Wildman–Crippen MR) is 269 cm³/mol. The summed E-state index contributed by atoms with van der Waals surface area (Å²) in [7, 11) is 0. The van der Waals surface area contributed by atoms with Crippen molar-refractivity contribution >= 4 is 51.6 Å². The molecule has 6 unspecified atom stereocenters. The Hall–Kier alpha value is -5.18. The first kappa shape index (κ1) is 53.1. The second-order valence-corrected chi connectivity index (χ2v) is 22.4. The van der Waals surface area contributed by atoms with Crippen LogP contribution in [0.4, 0.5) is 17.1 Å². The van der Waals surface area contributed by atoms with Gasteiger partial charge in [0, 0.05) is 81.8 Å². The van der Waals surface area contributed by atoms with Crippen molar-refractivity contribution in [3.63, 3.8) is 0 Å². The number of rotatable bonds is 19. The van der Waals surface area contributed by atoms with Crippen molar-refractivity contribution in [2.75, 3.05) is 76.1 Å². The maximum Gasteiger partial charge on any atom is 0.317 e. The standard InChI is InChI=1S/C53H75N7O12/c1-32(4-13-47(63)56-35-7-5-33(6-8-35)22-37(54-26-48(64)65)27-57-16-18-58(28-49(66)67)20-21-59(19-17-57)29-50(68)69)40-9-10-41-51-42(25-46(62)53(40,41)3)52(2)15-14-36(23-34(52)24-45(51)61)55-43-11-12-44(60(70)71)39-31-72-30-38(39)43/h5-8,11-12,30-32,34,36-37,40-42,45-46,51,54-55,61-62H,4,9-10,13-29H2,1-3H3,(H,56,63)(H,64,65)(H,66,67)(H,68,69)/t32?,34-,36?,37?,40+,41?,42?,45+,46-,51?,52-,53+/m0/s1. The molecule has 5 aliphatic rings. The van der Waals surface area contributed by atoms with E-state index in [2.05, 4.69) is 41.6 Å². The Balaban J connectivity index is 0.840. The molecule has 394 valence electrons. The van der Waals surface area contributed by atoms with Crippen LogP contribution in [0.25, 0.3) is 10.8 Å². The van der Waals surface area contributed by atoms with Gasteiger partial charge in [0.1, 0.15) is 12.5 Å². The third kappa shape index (κ3) is 11.8. The lowest BCUT2D eigenvalue weighted by Crippen LogP contribution is -2.62. The Morgan fingerprint density at radius 3 is 2.11 bits per heavy atom. The molecule has 5 fully saturated rings. The number of nitrogens with one attached hydrogen (secondary N) is 3. The van der Waals surface area contributed by atoms with Crippen molar-refractivity contribution in [1.82, 2.24) is 20.0 Å². The van der Waals surface area contributed by atoms with Crippen LogP contribution in [-0.2, 0) is 25.6 Å². The summed E-state index contributed by atoms with van der Waals surface area (Å²) >= 11 is 0. The summed E-state index contributed by atoms with van der Waals surface area (Å²) in [6.45, 7) is 9.53. The minimum Gasteiger partial charge on any atom is -0.480 e. The van der Waals surface area contributed by atoms with E-state index < -0.39 is 35.0 Å². The topological polar surface area (TPSA) is 272 Å². The normalized spacial score (nSPS) is 31.2. The number of furan rings is 1. The number of amides is 1. The number of hydrogen-bond acceptors (Lipinski definition) is 14. The average molecular weight is 1000 g/mol. The zero-order valence-corrected chi connectivity index (χ0v) is 41.9. The van der Waals surface area contributed by atoms with Crippen molar-refractivity contribution in [2.24, 2.45) is 46.3 Å². The van der Waals surface area contributed by atoms with Gasteiger partial charge in [-0.05, 0) is 128 Å².